The second kappa shape index (κ2) is 7.62. The normalized spacial score (nSPS) is 17.1. The summed E-state index contributed by atoms with van der Waals surface area (Å²) in [5.41, 5.74) is 4.81. The first kappa shape index (κ1) is 16.7. The lowest BCUT2D eigenvalue weighted by Crippen LogP contribution is -2.25. The quantitative estimate of drug-likeness (QED) is 0.876. The molecule has 0 radical (unpaired) electrons. The smallest absolute Gasteiger partial charge is 0.286 e. The third-order valence-corrected chi connectivity index (χ3v) is 5.21. The zero-order valence-corrected chi connectivity index (χ0v) is 14.4. The number of carbonyl (C=O) groups excluding carboxylic acids is 2. The summed E-state index contributed by atoms with van der Waals surface area (Å²) in [4.78, 5) is 27.3. The maximum atomic E-state index is 11.6. The minimum absolute atomic E-state index is 0.184. The van der Waals surface area contributed by atoms with Crippen LogP contribution in [-0.2, 0) is 30.5 Å². The van der Waals surface area contributed by atoms with Gasteiger partial charge in [0, 0.05) is 11.9 Å². The van der Waals surface area contributed by atoms with Crippen LogP contribution in [0, 0.1) is 0 Å². The lowest BCUT2D eigenvalue weighted by molar-refractivity contribution is -0.118. The van der Waals surface area contributed by atoms with E-state index in [2.05, 4.69) is 35.4 Å². The van der Waals surface area contributed by atoms with Gasteiger partial charge in [0.15, 0.2) is 0 Å². The Hall–Kier alpha value is -2.14. The van der Waals surface area contributed by atoms with Crippen molar-refractivity contribution in [1.29, 1.82) is 0 Å². The first-order valence-electron chi connectivity index (χ1n) is 8.17. The molecule has 0 spiro atoms. The van der Waals surface area contributed by atoms with Gasteiger partial charge in [-0.15, -0.1) is 0 Å². The van der Waals surface area contributed by atoms with Crippen LogP contribution >= 0.6 is 11.8 Å². The van der Waals surface area contributed by atoms with E-state index in [4.69, 9.17) is 0 Å². The van der Waals surface area contributed by atoms with Gasteiger partial charge in [-0.25, -0.2) is 0 Å². The molecule has 2 heterocycles. The van der Waals surface area contributed by atoms with Crippen LogP contribution in [-0.4, -0.2) is 21.4 Å². The number of carbonyl (C=O) groups is 2. The van der Waals surface area contributed by atoms with Crippen molar-refractivity contribution >= 4 is 22.9 Å². The number of aryl methyl sites for hydroxylation is 3. The van der Waals surface area contributed by atoms with E-state index < -0.39 is 0 Å². The fourth-order valence-electron chi connectivity index (χ4n) is 2.86. The van der Waals surface area contributed by atoms with Crippen molar-refractivity contribution in [3.63, 3.8) is 0 Å². The number of imide groups is 1. The van der Waals surface area contributed by atoms with Gasteiger partial charge in [0.05, 0.1) is 5.25 Å². The molecule has 1 N–H and O–H groups in total. The second-order valence-electron chi connectivity index (χ2n) is 5.87. The van der Waals surface area contributed by atoms with Crippen molar-refractivity contribution < 1.29 is 9.59 Å². The van der Waals surface area contributed by atoms with E-state index in [9.17, 15) is 9.59 Å². The molecule has 2 aromatic rings. The van der Waals surface area contributed by atoms with Gasteiger partial charge in [-0.2, -0.15) is 0 Å². The number of nitrogens with zero attached hydrogens (tertiary/aromatic N) is 1. The number of amides is 2. The molecule has 24 heavy (non-hydrogen) atoms. The van der Waals surface area contributed by atoms with Crippen LogP contribution in [0.15, 0.2) is 42.6 Å². The predicted octanol–water partition coefficient (Wildman–Crippen LogP) is 3.32. The molecule has 1 fully saturated rings. The Morgan fingerprint density at radius 1 is 1.08 bits per heavy atom. The van der Waals surface area contributed by atoms with Gasteiger partial charge in [-0.1, -0.05) is 49.0 Å². The van der Waals surface area contributed by atoms with Gasteiger partial charge in [0.2, 0.25) is 5.91 Å². The van der Waals surface area contributed by atoms with Crippen molar-refractivity contribution in [2.75, 3.05) is 0 Å². The molecule has 1 aromatic heterocycles. The molecular weight excluding hydrogens is 320 g/mol. The average molecular weight is 340 g/mol. The second-order valence-corrected chi connectivity index (χ2v) is 7.04. The van der Waals surface area contributed by atoms with Crippen molar-refractivity contribution in [2.24, 2.45) is 0 Å². The van der Waals surface area contributed by atoms with Gasteiger partial charge in [-0.05, 0) is 48.4 Å². The molecule has 1 atom stereocenters. The van der Waals surface area contributed by atoms with E-state index >= 15 is 0 Å². The first-order valence-corrected chi connectivity index (χ1v) is 9.05. The van der Waals surface area contributed by atoms with Gasteiger partial charge < -0.3 is 0 Å². The summed E-state index contributed by atoms with van der Waals surface area (Å²) in [5, 5.41) is 1.78. The summed E-state index contributed by atoms with van der Waals surface area (Å²) < 4.78 is 0. The van der Waals surface area contributed by atoms with E-state index in [-0.39, 0.29) is 16.4 Å². The van der Waals surface area contributed by atoms with Crippen molar-refractivity contribution in [2.45, 2.75) is 37.9 Å². The molecule has 1 aromatic carbocycles. The van der Waals surface area contributed by atoms with E-state index in [1.165, 1.54) is 16.8 Å². The molecular formula is C19H20N2O2S. The zero-order valence-electron chi connectivity index (χ0n) is 13.6. The Kier molecular flexibility index (Phi) is 5.30. The highest BCUT2D eigenvalue weighted by Crippen LogP contribution is 2.23. The van der Waals surface area contributed by atoms with Gasteiger partial charge in [0.1, 0.15) is 0 Å². The highest BCUT2D eigenvalue weighted by molar-refractivity contribution is 8.15. The molecule has 1 aliphatic rings. The molecule has 5 heteroatoms. The number of pyridine rings is 1. The van der Waals surface area contributed by atoms with E-state index in [1.54, 1.807) is 0 Å². The molecule has 0 aliphatic carbocycles. The van der Waals surface area contributed by atoms with E-state index in [0.29, 0.717) is 6.42 Å². The molecule has 3 rings (SSSR count). The molecule has 4 nitrogen and oxygen atoms in total. The monoisotopic (exact) mass is 340 g/mol. The SMILES string of the molecule is CCc1cccnc1CCc1ccc(CC2SC(=O)NC2=O)cc1. The minimum Gasteiger partial charge on any atom is -0.286 e. The number of benzene rings is 1. The highest BCUT2D eigenvalue weighted by atomic mass is 32.2. The number of aromatic nitrogens is 1. The number of thioether (sulfide) groups is 1. The Labute approximate surface area is 146 Å². The molecule has 1 saturated heterocycles. The van der Waals surface area contributed by atoms with Crippen LogP contribution in [0.2, 0.25) is 0 Å². The largest absolute Gasteiger partial charge is 0.286 e. The Morgan fingerprint density at radius 2 is 1.83 bits per heavy atom. The maximum absolute atomic E-state index is 11.6. The molecule has 0 saturated carbocycles. The van der Waals surface area contributed by atoms with Crippen molar-refractivity contribution in [1.82, 2.24) is 10.3 Å². The molecule has 2 amide bonds. The lowest BCUT2D eigenvalue weighted by Gasteiger charge is -2.08. The number of hydrogen-bond donors (Lipinski definition) is 1. The third-order valence-electron chi connectivity index (χ3n) is 4.23. The summed E-state index contributed by atoms with van der Waals surface area (Å²) >= 11 is 1.08. The Bertz CT molecular complexity index is 743. The van der Waals surface area contributed by atoms with E-state index in [1.807, 2.05) is 24.4 Å². The summed E-state index contributed by atoms with van der Waals surface area (Å²) in [5.74, 6) is -0.184. The average Bonchev–Trinajstić information content (AvgIpc) is 2.91. The lowest BCUT2D eigenvalue weighted by atomic mass is 10.0. The summed E-state index contributed by atoms with van der Waals surface area (Å²) in [6.07, 6.45) is 5.31. The first-order chi connectivity index (χ1) is 11.7. The van der Waals surface area contributed by atoms with Crippen molar-refractivity contribution in [3.05, 3.63) is 65.0 Å². The number of rotatable bonds is 6. The summed E-state index contributed by atoms with van der Waals surface area (Å²) in [6.45, 7) is 2.15. The molecule has 0 bridgehead atoms. The molecule has 1 aliphatic heterocycles. The summed E-state index contributed by atoms with van der Waals surface area (Å²) in [7, 11) is 0. The predicted molar refractivity (Wildman–Crippen MR) is 96.1 cm³/mol. The minimum atomic E-state index is -0.302. The van der Waals surface area contributed by atoms with Crippen LogP contribution in [0.4, 0.5) is 4.79 Å². The van der Waals surface area contributed by atoms with Crippen LogP contribution in [0.5, 0.6) is 0 Å². The number of nitrogens with one attached hydrogen (secondary N) is 1. The van der Waals surface area contributed by atoms with Crippen LogP contribution in [0.25, 0.3) is 0 Å². The zero-order chi connectivity index (χ0) is 16.9. The van der Waals surface area contributed by atoms with Gasteiger partial charge >= 0.3 is 0 Å². The molecule has 1 unspecified atom stereocenters. The van der Waals surface area contributed by atoms with Gasteiger partial charge in [0.25, 0.3) is 5.24 Å². The van der Waals surface area contributed by atoms with Crippen LogP contribution < -0.4 is 5.32 Å². The van der Waals surface area contributed by atoms with Crippen LogP contribution in [0.3, 0.4) is 0 Å². The van der Waals surface area contributed by atoms with Crippen LogP contribution in [0.1, 0.15) is 29.3 Å². The third kappa shape index (κ3) is 4.03. The Balaban J connectivity index is 1.58. The number of hydrogen-bond acceptors (Lipinski definition) is 4. The summed E-state index contributed by atoms with van der Waals surface area (Å²) in [6, 6.07) is 12.4. The Morgan fingerprint density at radius 3 is 2.50 bits per heavy atom. The van der Waals surface area contributed by atoms with Crippen molar-refractivity contribution in [3.8, 4) is 0 Å². The maximum Gasteiger partial charge on any atom is 0.286 e. The van der Waals surface area contributed by atoms with E-state index in [0.717, 1.165) is 36.6 Å². The van der Waals surface area contributed by atoms with Gasteiger partial charge in [-0.3, -0.25) is 19.9 Å². The fraction of sp³-hybridized carbons (Fsp3) is 0.316. The fourth-order valence-corrected chi connectivity index (χ4v) is 3.72. The standard InChI is InChI=1S/C19H20N2O2S/c1-2-15-4-3-11-20-16(15)10-9-13-5-7-14(8-6-13)12-17-18(22)21-19(23)24-17/h3-8,11,17H,2,9-10,12H2,1H3,(H,21,22,23). The molecule has 124 valence electrons. The highest BCUT2D eigenvalue weighted by Gasteiger charge is 2.31. The topological polar surface area (TPSA) is 59.1 Å².